The van der Waals surface area contributed by atoms with Crippen LogP contribution in [0.5, 0.6) is 0 Å². The lowest BCUT2D eigenvalue weighted by Crippen LogP contribution is -2.41. The van der Waals surface area contributed by atoms with Gasteiger partial charge in [0.1, 0.15) is 0 Å². The largest absolute Gasteiger partial charge is 0.315 e. The van der Waals surface area contributed by atoms with Crippen LogP contribution in [0.4, 0.5) is 5.69 Å². The average molecular weight is 335 g/mol. The van der Waals surface area contributed by atoms with E-state index in [0.29, 0.717) is 15.6 Å². The minimum atomic E-state index is -0.0570. The van der Waals surface area contributed by atoms with Gasteiger partial charge in [-0.2, -0.15) is 0 Å². The molecule has 114 valence electrons. The van der Waals surface area contributed by atoms with Gasteiger partial charge < -0.3 is 10.2 Å². The number of amides is 1. The van der Waals surface area contributed by atoms with E-state index in [4.69, 9.17) is 23.2 Å². The molecule has 0 aliphatic carbocycles. The highest BCUT2D eigenvalue weighted by Gasteiger charge is 2.28. The van der Waals surface area contributed by atoms with Crippen molar-refractivity contribution in [2.45, 2.75) is 12.5 Å². The van der Waals surface area contributed by atoms with Crippen molar-refractivity contribution >= 4 is 34.8 Å². The molecular weight excluding hydrogens is 319 g/mol. The second-order valence-corrected chi connectivity index (χ2v) is 6.10. The molecule has 5 heteroatoms. The van der Waals surface area contributed by atoms with Crippen molar-refractivity contribution < 1.29 is 4.79 Å². The third-order valence-corrected chi connectivity index (χ3v) is 4.56. The fourth-order valence-corrected chi connectivity index (χ4v) is 3.01. The number of hydrogen-bond donors (Lipinski definition) is 1. The fraction of sp³-hybridized carbons (Fsp3) is 0.235. The summed E-state index contributed by atoms with van der Waals surface area (Å²) in [4.78, 5) is 14.8. The molecule has 0 spiro atoms. The van der Waals surface area contributed by atoms with Crippen LogP contribution in [-0.2, 0) is 0 Å². The topological polar surface area (TPSA) is 32.3 Å². The Kier molecular flexibility index (Phi) is 4.67. The Labute approximate surface area is 139 Å². The van der Waals surface area contributed by atoms with Gasteiger partial charge in [-0.1, -0.05) is 41.4 Å². The molecule has 3 nitrogen and oxygen atoms in total. The molecule has 3 rings (SSSR count). The minimum absolute atomic E-state index is 0.0570. The van der Waals surface area contributed by atoms with Crippen molar-refractivity contribution in [3.63, 3.8) is 0 Å². The van der Waals surface area contributed by atoms with Gasteiger partial charge in [-0.15, -0.1) is 0 Å². The molecule has 2 aromatic carbocycles. The summed E-state index contributed by atoms with van der Waals surface area (Å²) >= 11 is 12.0. The predicted molar refractivity (Wildman–Crippen MR) is 91.0 cm³/mol. The molecule has 2 aromatic rings. The Morgan fingerprint density at radius 3 is 2.50 bits per heavy atom. The Bertz CT molecular complexity index is 670. The Balaban J connectivity index is 1.97. The van der Waals surface area contributed by atoms with Gasteiger partial charge in [0, 0.05) is 17.8 Å². The molecule has 1 aliphatic rings. The number of carbonyl (C=O) groups is 1. The van der Waals surface area contributed by atoms with E-state index in [-0.39, 0.29) is 11.9 Å². The molecule has 22 heavy (non-hydrogen) atoms. The van der Waals surface area contributed by atoms with Crippen LogP contribution >= 0.6 is 23.2 Å². The number of para-hydroxylation sites is 1. The first-order valence-corrected chi connectivity index (χ1v) is 7.97. The van der Waals surface area contributed by atoms with Gasteiger partial charge >= 0.3 is 0 Å². The summed E-state index contributed by atoms with van der Waals surface area (Å²) in [5.74, 6) is -0.0570. The zero-order valence-electron chi connectivity index (χ0n) is 11.9. The Morgan fingerprint density at radius 1 is 1.09 bits per heavy atom. The Morgan fingerprint density at radius 2 is 1.86 bits per heavy atom. The number of hydrogen-bond acceptors (Lipinski definition) is 2. The monoisotopic (exact) mass is 334 g/mol. The van der Waals surface area contributed by atoms with Crippen molar-refractivity contribution in [2.24, 2.45) is 0 Å². The van der Waals surface area contributed by atoms with Crippen molar-refractivity contribution in [3.05, 3.63) is 64.1 Å². The van der Waals surface area contributed by atoms with E-state index in [0.717, 1.165) is 25.2 Å². The zero-order chi connectivity index (χ0) is 15.5. The number of benzene rings is 2. The van der Waals surface area contributed by atoms with E-state index in [1.807, 2.05) is 35.2 Å². The highest BCUT2D eigenvalue weighted by atomic mass is 35.5. The minimum Gasteiger partial charge on any atom is -0.315 e. The summed E-state index contributed by atoms with van der Waals surface area (Å²) in [5, 5.41) is 4.15. The molecule has 1 saturated heterocycles. The van der Waals surface area contributed by atoms with Crippen LogP contribution in [0, 0.1) is 0 Å². The SMILES string of the molecule is O=C(c1ccc(Cl)c(Cl)c1)N(c1ccccc1)C1CCNC1. The van der Waals surface area contributed by atoms with Gasteiger partial charge in [0.05, 0.1) is 16.1 Å². The molecule has 1 aliphatic heterocycles. The quantitative estimate of drug-likeness (QED) is 0.919. The zero-order valence-corrected chi connectivity index (χ0v) is 13.4. The Hall–Kier alpha value is -1.55. The van der Waals surface area contributed by atoms with Crippen LogP contribution in [-0.4, -0.2) is 25.0 Å². The van der Waals surface area contributed by atoms with Crippen LogP contribution in [0.25, 0.3) is 0 Å². The predicted octanol–water partition coefficient (Wildman–Crippen LogP) is 4.00. The molecule has 1 heterocycles. The number of anilines is 1. The molecule has 1 N–H and O–H groups in total. The van der Waals surface area contributed by atoms with Gasteiger partial charge in [-0.3, -0.25) is 4.79 Å². The second-order valence-electron chi connectivity index (χ2n) is 5.29. The van der Waals surface area contributed by atoms with E-state index in [2.05, 4.69) is 5.32 Å². The van der Waals surface area contributed by atoms with E-state index in [1.165, 1.54) is 0 Å². The van der Waals surface area contributed by atoms with Crippen molar-refractivity contribution in [3.8, 4) is 0 Å². The summed E-state index contributed by atoms with van der Waals surface area (Å²) in [6, 6.07) is 14.9. The molecule has 0 saturated carbocycles. The summed E-state index contributed by atoms with van der Waals surface area (Å²) in [5.41, 5.74) is 1.44. The van der Waals surface area contributed by atoms with Crippen LogP contribution in [0.1, 0.15) is 16.8 Å². The van der Waals surface area contributed by atoms with E-state index in [9.17, 15) is 4.79 Å². The van der Waals surface area contributed by atoms with Crippen molar-refractivity contribution in [1.29, 1.82) is 0 Å². The van der Waals surface area contributed by atoms with Crippen LogP contribution in [0.3, 0.4) is 0 Å². The lowest BCUT2D eigenvalue weighted by atomic mass is 10.1. The first-order chi connectivity index (χ1) is 10.7. The van der Waals surface area contributed by atoms with Gasteiger partial charge in [-0.05, 0) is 43.3 Å². The molecular formula is C17H16Cl2N2O. The lowest BCUT2D eigenvalue weighted by molar-refractivity contribution is 0.0978. The number of rotatable bonds is 3. The first kappa shape index (κ1) is 15.3. The third kappa shape index (κ3) is 3.12. The van der Waals surface area contributed by atoms with E-state index in [1.54, 1.807) is 18.2 Å². The number of carbonyl (C=O) groups excluding carboxylic acids is 1. The van der Waals surface area contributed by atoms with Gasteiger partial charge in [0.2, 0.25) is 0 Å². The van der Waals surface area contributed by atoms with E-state index >= 15 is 0 Å². The molecule has 1 unspecified atom stereocenters. The third-order valence-electron chi connectivity index (χ3n) is 3.82. The normalized spacial score (nSPS) is 17.5. The number of halogens is 2. The summed E-state index contributed by atoms with van der Waals surface area (Å²) in [6.07, 6.45) is 0.932. The van der Waals surface area contributed by atoms with Crippen LogP contribution in [0.15, 0.2) is 48.5 Å². The van der Waals surface area contributed by atoms with Crippen LogP contribution < -0.4 is 10.2 Å². The maximum Gasteiger partial charge on any atom is 0.258 e. The number of nitrogens with zero attached hydrogens (tertiary/aromatic N) is 1. The number of nitrogens with one attached hydrogen (secondary N) is 1. The molecule has 1 amide bonds. The second kappa shape index (κ2) is 6.69. The summed E-state index contributed by atoms with van der Waals surface area (Å²) in [7, 11) is 0. The molecule has 1 atom stereocenters. The highest BCUT2D eigenvalue weighted by Crippen LogP contribution is 2.26. The first-order valence-electron chi connectivity index (χ1n) is 7.21. The molecule has 0 bridgehead atoms. The maximum atomic E-state index is 13.0. The smallest absolute Gasteiger partial charge is 0.258 e. The highest BCUT2D eigenvalue weighted by molar-refractivity contribution is 6.42. The van der Waals surface area contributed by atoms with Crippen molar-refractivity contribution in [1.82, 2.24) is 5.32 Å². The van der Waals surface area contributed by atoms with E-state index < -0.39 is 0 Å². The molecule has 0 radical (unpaired) electrons. The van der Waals surface area contributed by atoms with Gasteiger partial charge in [0.25, 0.3) is 5.91 Å². The van der Waals surface area contributed by atoms with Gasteiger partial charge in [-0.25, -0.2) is 0 Å². The van der Waals surface area contributed by atoms with Gasteiger partial charge in [0.15, 0.2) is 0 Å². The van der Waals surface area contributed by atoms with Crippen molar-refractivity contribution in [2.75, 3.05) is 18.0 Å². The summed E-state index contributed by atoms with van der Waals surface area (Å²) in [6.45, 7) is 1.71. The van der Waals surface area contributed by atoms with Crippen LogP contribution in [0.2, 0.25) is 10.0 Å². The molecule has 1 fully saturated rings. The lowest BCUT2D eigenvalue weighted by Gasteiger charge is -2.29. The average Bonchev–Trinajstić information content (AvgIpc) is 3.05. The molecule has 0 aromatic heterocycles. The standard InChI is InChI=1S/C17H16Cl2N2O/c18-15-7-6-12(10-16(15)19)17(22)21(14-8-9-20-11-14)13-4-2-1-3-5-13/h1-7,10,14,20H,8-9,11H2. The fourth-order valence-electron chi connectivity index (χ4n) is 2.71. The maximum absolute atomic E-state index is 13.0. The summed E-state index contributed by atoms with van der Waals surface area (Å²) < 4.78 is 0.